The molecule has 0 bridgehead atoms. The molecular weight excluding hydrogens is 246 g/mol. The fourth-order valence-corrected chi connectivity index (χ4v) is 1.75. The molecule has 5 heteroatoms. The molecule has 0 radical (unpaired) electrons. The monoisotopic (exact) mass is 271 g/mol. The van der Waals surface area contributed by atoms with Gasteiger partial charge in [-0.3, -0.25) is 4.99 Å². The van der Waals surface area contributed by atoms with Crippen LogP contribution >= 0.6 is 0 Å². The van der Waals surface area contributed by atoms with E-state index in [4.69, 9.17) is 14.2 Å². The van der Waals surface area contributed by atoms with Crippen molar-refractivity contribution in [2.75, 3.05) is 20.3 Å². The molecule has 1 heterocycles. The third kappa shape index (κ3) is 5.28. The lowest BCUT2D eigenvalue weighted by Crippen LogP contribution is -2.38. The van der Waals surface area contributed by atoms with Crippen molar-refractivity contribution in [3.63, 3.8) is 0 Å². The number of carbonyl (C=O) groups is 1. The Labute approximate surface area is 115 Å². The van der Waals surface area contributed by atoms with Gasteiger partial charge in [0, 0.05) is 18.1 Å². The zero-order chi connectivity index (χ0) is 14.5. The van der Waals surface area contributed by atoms with Gasteiger partial charge < -0.3 is 14.2 Å². The van der Waals surface area contributed by atoms with E-state index in [0.29, 0.717) is 19.6 Å². The van der Waals surface area contributed by atoms with Gasteiger partial charge in [0.1, 0.15) is 6.04 Å². The highest BCUT2D eigenvalue weighted by molar-refractivity contribution is 5.78. The lowest BCUT2D eigenvalue weighted by atomic mass is 9.95. The number of aliphatic imine (C=N–C) groups is 1. The van der Waals surface area contributed by atoms with Gasteiger partial charge in [0.15, 0.2) is 6.29 Å². The Balaban J connectivity index is 2.42. The summed E-state index contributed by atoms with van der Waals surface area (Å²) in [6.07, 6.45) is 1.99. The Morgan fingerprint density at radius 1 is 1.42 bits per heavy atom. The summed E-state index contributed by atoms with van der Waals surface area (Å²) in [6.45, 7) is 9.43. The van der Waals surface area contributed by atoms with Gasteiger partial charge in [0.05, 0.1) is 20.3 Å². The zero-order valence-corrected chi connectivity index (χ0v) is 12.5. The van der Waals surface area contributed by atoms with Crippen LogP contribution in [-0.4, -0.2) is 44.8 Å². The summed E-state index contributed by atoms with van der Waals surface area (Å²) in [5, 5.41) is 0. The number of rotatable bonds is 5. The van der Waals surface area contributed by atoms with Crippen LogP contribution in [0.3, 0.4) is 0 Å². The Bertz CT molecular complexity index is 315. The molecule has 0 unspecified atom stereocenters. The molecule has 1 rings (SSSR count). The van der Waals surface area contributed by atoms with E-state index in [1.165, 1.54) is 7.11 Å². The van der Waals surface area contributed by atoms with Gasteiger partial charge >= 0.3 is 5.97 Å². The largest absolute Gasteiger partial charge is 0.467 e. The quantitative estimate of drug-likeness (QED) is 0.567. The lowest BCUT2D eigenvalue weighted by molar-refractivity contribution is -0.217. The first-order valence-electron chi connectivity index (χ1n) is 6.68. The van der Waals surface area contributed by atoms with Gasteiger partial charge in [-0.15, -0.1) is 0 Å². The molecule has 1 atom stereocenters. The summed E-state index contributed by atoms with van der Waals surface area (Å²) in [4.78, 5) is 15.8. The van der Waals surface area contributed by atoms with E-state index in [9.17, 15) is 4.79 Å². The molecule has 1 aliphatic heterocycles. The number of hydrogen-bond donors (Lipinski definition) is 0. The van der Waals surface area contributed by atoms with Crippen molar-refractivity contribution in [1.82, 2.24) is 0 Å². The maximum Gasteiger partial charge on any atom is 0.330 e. The van der Waals surface area contributed by atoms with Gasteiger partial charge in [-0.1, -0.05) is 27.7 Å². The minimum absolute atomic E-state index is 0.0696. The molecular formula is C14H25NO4. The first-order chi connectivity index (χ1) is 8.85. The van der Waals surface area contributed by atoms with Crippen molar-refractivity contribution in [3.05, 3.63) is 0 Å². The number of hydrogen-bond acceptors (Lipinski definition) is 5. The van der Waals surface area contributed by atoms with Crippen LogP contribution in [0.25, 0.3) is 0 Å². The predicted molar refractivity (Wildman–Crippen MR) is 73.2 cm³/mol. The second-order valence-corrected chi connectivity index (χ2v) is 6.00. The van der Waals surface area contributed by atoms with Gasteiger partial charge in [-0.2, -0.15) is 0 Å². The smallest absolute Gasteiger partial charge is 0.330 e. The topological polar surface area (TPSA) is 57.1 Å². The van der Waals surface area contributed by atoms with Crippen molar-refractivity contribution in [3.8, 4) is 0 Å². The van der Waals surface area contributed by atoms with E-state index in [-0.39, 0.29) is 23.6 Å². The van der Waals surface area contributed by atoms with Gasteiger partial charge in [-0.25, -0.2) is 4.79 Å². The molecule has 0 aromatic heterocycles. The van der Waals surface area contributed by atoms with Crippen LogP contribution < -0.4 is 0 Å². The van der Waals surface area contributed by atoms with Gasteiger partial charge in [0.2, 0.25) is 0 Å². The SMILES string of the molecule is COC(=O)[C@@H](N=CCC1OCC(C)(C)CO1)C(C)C. The fraction of sp³-hybridized carbons (Fsp3) is 0.857. The van der Waals surface area contributed by atoms with Crippen molar-refractivity contribution in [2.45, 2.75) is 46.4 Å². The molecule has 0 amide bonds. The third-order valence-electron chi connectivity index (χ3n) is 2.96. The average molecular weight is 271 g/mol. The molecule has 1 fully saturated rings. The third-order valence-corrected chi connectivity index (χ3v) is 2.96. The number of esters is 1. The average Bonchev–Trinajstić information content (AvgIpc) is 2.35. The van der Waals surface area contributed by atoms with Crippen LogP contribution in [-0.2, 0) is 19.0 Å². The Morgan fingerprint density at radius 3 is 2.47 bits per heavy atom. The fourth-order valence-electron chi connectivity index (χ4n) is 1.75. The second kappa shape index (κ2) is 7.01. The molecule has 1 saturated heterocycles. The molecule has 0 N–H and O–H groups in total. The van der Waals surface area contributed by atoms with Gasteiger partial charge in [-0.05, 0) is 5.92 Å². The minimum atomic E-state index is -0.454. The van der Waals surface area contributed by atoms with Crippen molar-refractivity contribution >= 4 is 12.2 Å². The van der Waals surface area contributed by atoms with Crippen molar-refractivity contribution in [1.29, 1.82) is 0 Å². The number of nitrogens with zero attached hydrogens (tertiary/aromatic N) is 1. The molecule has 110 valence electrons. The van der Waals surface area contributed by atoms with E-state index in [2.05, 4.69) is 18.8 Å². The van der Waals surface area contributed by atoms with Crippen LogP contribution in [0.5, 0.6) is 0 Å². The summed E-state index contributed by atoms with van der Waals surface area (Å²) in [5.74, 6) is -0.200. The van der Waals surface area contributed by atoms with E-state index in [1.807, 2.05) is 13.8 Å². The zero-order valence-electron chi connectivity index (χ0n) is 12.5. The minimum Gasteiger partial charge on any atom is -0.467 e. The van der Waals surface area contributed by atoms with Gasteiger partial charge in [0.25, 0.3) is 0 Å². The van der Waals surface area contributed by atoms with E-state index in [1.54, 1.807) is 6.21 Å². The Morgan fingerprint density at radius 2 is 2.00 bits per heavy atom. The number of ether oxygens (including phenoxy) is 3. The Hall–Kier alpha value is -0.940. The molecule has 0 saturated carbocycles. The second-order valence-electron chi connectivity index (χ2n) is 6.00. The van der Waals surface area contributed by atoms with Crippen LogP contribution in [0.15, 0.2) is 4.99 Å². The van der Waals surface area contributed by atoms with Crippen LogP contribution in [0.2, 0.25) is 0 Å². The highest BCUT2D eigenvalue weighted by Gasteiger charge is 2.28. The van der Waals surface area contributed by atoms with E-state index in [0.717, 1.165) is 0 Å². The maximum atomic E-state index is 11.5. The van der Waals surface area contributed by atoms with Crippen LogP contribution in [0, 0.1) is 11.3 Å². The molecule has 0 spiro atoms. The van der Waals surface area contributed by atoms with E-state index < -0.39 is 6.04 Å². The van der Waals surface area contributed by atoms with Crippen molar-refractivity contribution in [2.24, 2.45) is 16.3 Å². The molecule has 5 nitrogen and oxygen atoms in total. The maximum absolute atomic E-state index is 11.5. The summed E-state index contributed by atoms with van der Waals surface area (Å²) >= 11 is 0. The Kier molecular flexibility index (Phi) is 5.94. The van der Waals surface area contributed by atoms with Crippen LogP contribution in [0.4, 0.5) is 0 Å². The molecule has 0 aromatic carbocycles. The number of methoxy groups -OCH3 is 1. The summed E-state index contributed by atoms with van der Waals surface area (Å²) in [5.41, 5.74) is 0.0696. The molecule has 0 aromatic rings. The van der Waals surface area contributed by atoms with Crippen molar-refractivity contribution < 1.29 is 19.0 Å². The molecule has 19 heavy (non-hydrogen) atoms. The molecule has 0 aliphatic carbocycles. The highest BCUT2D eigenvalue weighted by Crippen LogP contribution is 2.23. The summed E-state index contributed by atoms with van der Waals surface area (Å²) in [6, 6.07) is -0.454. The first kappa shape index (κ1) is 16.1. The predicted octanol–water partition coefficient (Wildman–Crippen LogP) is 2.04. The number of carbonyl (C=O) groups excluding carboxylic acids is 1. The summed E-state index contributed by atoms with van der Waals surface area (Å²) < 4.78 is 15.9. The first-order valence-corrected chi connectivity index (χ1v) is 6.68. The van der Waals surface area contributed by atoms with E-state index >= 15 is 0 Å². The molecule has 1 aliphatic rings. The normalized spacial score (nSPS) is 21.8. The summed E-state index contributed by atoms with van der Waals surface area (Å²) in [7, 11) is 1.38. The van der Waals surface area contributed by atoms with Crippen LogP contribution in [0.1, 0.15) is 34.1 Å². The lowest BCUT2D eigenvalue weighted by Gasteiger charge is -2.34. The highest BCUT2D eigenvalue weighted by atomic mass is 16.7. The standard InChI is InChI=1S/C14H25NO4/c1-10(2)12(13(16)17-5)15-7-6-11-18-8-14(3,4)9-19-11/h7,10-12H,6,8-9H2,1-5H3/t12-/m0/s1.